The average molecular weight is 537 g/mol. The minimum Gasteiger partial charge on any atom is -0.354 e. The van der Waals surface area contributed by atoms with Gasteiger partial charge in [0.2, 0.25) is 11.8 Å². The Morgan fingerprint density at radius 1 is 0.919 bits per heavy atom. The molecule has 3 aromatic carbocycles. The summed E-state index contributed by atoms with van der Waals surface area (Å²) < 4.78 is 0. The van der Waals surface area contributed by atoms with Gasteiger partial charge in [0, 0.05) is 30.3 Å². The molecule has 2 amide bonds. The Morgan fingerprint density at radius 3 is 2.24 bits per heavy atom. The van der Waals surface area contributed by atoms with Crippen LogP contribution in [0.3, 0.4) is 0 Å². The number of rotatable bonds is 13. The number of aryl methyl sites for hydroxylation is 2. The van der Waals surface area contributed by atoms with Crippen LogP contribution in [0, 0.1) is 13.8 Å². The molecule has 1 atom stereocenters. The Balaban J connectivity index is 1.82. The fraction of sp³-hybridized carbons (Fsp3) is 0.355. The van der Waals surface area contributed by atoms with Crippen LogP contribution in [-0.2, 0) is 28.3 Å². The van der Waals surface area contributed by atoms with E-state index in [-0.39, 0.29) is 11.8 Å². The van der Waals surface area contributed by atoms with E-state index < -0.39 is 6.04 Å². The molecule has 6 heteroatoms. The van der Waals surface area contributed by atoms with Gasteiger partial charge in [-0.05, 0) is 49.1 Å². The van der Waals surface area contributed by atoms with Crippen molar-refractivity contribution in [2.24, 2.45) is 0 Å². The fourth-order valence-electron chi connectivity index (χ4n) is 4.34. The van der Waals surface area contributed by atoms with Crippen LogP contribution in [0.4, 0.5) is 0 Å². The molecule has 4 nitrogen and oxygen atoms in total. The first kappa shape index (κ1) is 28.8. The molecule has 0 bridgehead atoms. The van der Waals surface area contributed by atoms with E-state index >= 15 is 0 Å². The number of unbranched alkanes of at least 4 members (excludes halogenated alkanes) is 1. The summed E-state index contributed by atoms with van der Waals surface area (Å²) in [5, 5.41) is 3.71. The molecule has 0 spiro atoms. The summed E-state index contributed by atoms with van der Waals surface area (Å²) in [5.41, 5.74) is 5.61. The number of hydrogen-bond acceptors (Lipinski definition) is 3. The third-order valence-corrected chi connectivity index (χ3v) is 7.38. The van der Waals surface area contributed by atoms with Crippen molar-refractivity contribution in [2.75, 3.05) is 12.3 Å². The van der Waals surface area contributed by atoms with Gasteiger partial charge in [-0.2, -0.15) is 0 Å². The first-order valence-electron chi connectivity index (χ1n) is 12.9. The number of hydrogen-bond donors (Lipinski definition) is 1. The highest BCUT2D eigenvalue weighted by Crippen LogP contribution is 2.20. The molecule has 3 rings (SSSR count). The second kappa shape index (κ2) is 14.8. The summed E-state index contributed by atoms with van der Waals surface area (Å²) in [7, 11) is 0. The monoisotopic (exact) mass is 536 g/mol. The van der Waals surface area contributed by atoms with Crippen molar-refractivity contribution in [3.8, 4) is 0 Å². The van der Waals surface area contributed by atoms with E-state index in [1.54, 1.807) is 16.7 Å². The van der Waals surface area contributed by atoms with Crippen LogP contribution in [0.25, 0.3) is 0 Å². The lowest BCUT2D eigenvalue weighted by atomic mass is 10.0. The van der Waals surface area contributed by atoms with Crippen molar-refractivity contribution < 1.29 is 9.59 Å². The van der Waals surface area contributed by atoms with E-state index in [2.05, 4.69) is 44.3 Å². The molecule has 0 radical (unpaired) electrons. The predicted octanol–water partition coefficient (Wildman–Crippen LogP) is 6.75. The Bertz CT molecular complexity index is 1130. The van der Waals surface area contributed by atoms with Crippen LogP contribution in [0.15, 0.2) is 72.8 Å². The zero-order valence-corrected chi connectivity index (χ0v) is 23.6. The van der Waals surface area contributed by atoms with Crippen molar-refractivity contribution in [1.29, 1.82) is 0 Å². The quantitative estimate of drug-likeness (QED) is 0.246. The largest absolute Gasteiger partial charge is 0.354 e. The van der Waals surface area contributed by atoms with E-state index in [9.17, 15) is 9.59 Å². The zero-order valence-electron chi connectivity index (χ0n) is 22.0. The Labute approximate surface area is 230 Å². The molecule has 0 heterocycles. The minimum atomic E-state index is -0.607. The topological polar surface area (TPSA) is 49.4 Å². The molecule has 0 aromatic heterocycles. The highest BCUT2D eigenvalue weighted by molar-refractivity contribution is 7.99. The van der Waals surface area contributed by atoms with Crippen LogP contribution in [0.1, 0.15) is 47.6 Å². The SMILES string of the molecule is CCCCNC(=O)C(Cc1ccccc1)N(Cc1ccc(Cl)cc1)C(=O)CSCc1cc(C)cc(C)c1. The minimum absolute atomic E-state index is 0.0455. The highest BCUT2D eigenvalue weighted by atomic mass is 35.5. The normalized spacial score (nSPS) is 11.7. The number of amides is 2. The molecule has 196 valence electrons. The molecular weight excluding hydrogens is 500 g/mol. The molecular formula is C31H37ClN2O2S. The molecule has 0 aliphatic heterocycles. The van der Waals surface area contributed by atoms with Crippen LogP contribution >= 0.6 is 23.4 Å². The van der Waals surface area contributed by atoms with Crippen LogP contribution in [0.5, 0.6) is 0 Å². The van der Waals surface area contributed by atoms with Crippen LogP contribution in [0.2, 0.25) is 5.02 Å². The lowest BCUT2D eigenvalue weighted by molar-refractivity contribution is -0.139. The Morgan fingerprint density at radius 2 is 1.59 bits per heavy atom. The lowest BCUT2D eigenvalue weighted by Crippen LogP contribution is -2.51. The number of carbonyl (C=O) groups is 2. The number of carbonyl (C=O) groups excluding carboxylic acids is 2. The van der Waals surface area contributed by atoms with Crippen molar-refractivity contribution in [3.05, 3.63) is 106 Å². The average Bonchev–Trinajstić information content (AvgIpc) is 2.87. The lowest BCUT2D eigenvalue weighted by Gasteiger charge is -2.31. The number of nitrogens with zero attached hydrogens (tertiary/aromatic N) is 1. The van der Waals surface area contributed by atoms with Crippen molar-refractivity contribution in [2.45, 2.75) is 58.4 Å². The van der Waals surface area contributed by atoms with Gasteiger partial charge in [0.25, 0.3) is 0 Å². The molecule has 1 unspecified atom stereocenters. The van der Waals surface area contributed by atoms with Gasteiger partial charge < -0.3 is 10.2 Å². The first-order chi connectivity index (χ1) is 17.9. The number of halogens is 1. The van der Waals surface area contributed by atoms with Gasteiger partial charge in [0.05, 0.1) is 5.75 Å². The first-order valence-corrected chi connectivity index (χ1v) is 14.4. The van der Waals surface area contributed by atoms with Gasteiger partial charge in [0.1, 0.15) is 6.04 Å². The molecule has 0 fully saturated rings. The maximum absolute atomic E-state index is 13.7. The third kappa shape index (κ3) is 9.56. The maximum atomic E-state index is 13.7. The summed E-state index contributed by atoms with van der Waals surface area (Å²) in [4.78, 5) is 28.9. The van der Waals surface area contributed by atoms with Crippen molar-refractivity contribution in [1.82, 2.24) is 10.2 Å². The summed E-state index contributed by atoms with van der Waals surface area (Å²) in [6.07, 6.45) is 2.35. The number of thioether (sulfide) groups is 1. The summed E-state index contributed by atoms with van der Waals surface area (Å²) >= 11 is 7.69. The van der Waals surface area contributed by atoms with Gasteiger partial charge >= 0.3 is 0 Å². The second-order valence-electron chi connectivity index (χ2n) is 9.49. The van der Waals surface area contributed by atoms with E-state index in [0.717, 1.165) is 29.7 Å². The number of benzene rings is 3. The van der Waals surface area contributed by atoms with E-state index in [0.29, 0.717) is 30.3 Å². The molecule has 37 heavy (non-hydrogen) atoms. The highest BCUT2D eigenvalue weighted by Gasteiger charge is 2.30. The van der Waals surface area contributed by atoms with E-state index in [4.69, 9.17) is 11.6 Å². The van der Waals surface area contributed by atoms with Gasteiger partial charge in [-0.3, -0.25) is 9.59 Å². The summed E-state index contributed by atoms with van der Waals surface area (Å²) in [6, 6.07) is 23.2. The fourth-order valence-corrected chi connectivity index (χ4v) is 5.31. The van der Waals surface area contributed by atoms with Gasteiger partial charge in [-0.1, -0.05) is 96.7 Å². The maximum Gasteiger partial charge on any atom is 0.243 e. The Kier molecular flexibility index (Phi) is 11.6. The molecule has 0 aliphatic carbocycles. The number of nitrogens with one attached hydrogen (secondary N) is 1. The van der Waals surface area contributed by atoms with Gasteiger partial charge in [0.15, 0.2) is 0 Å². The molecule has 0 saturated heterocycles. The molecule has 0 saturated carbocycles. The van der Waals surface area contributed by atoms with Crippen molar-refractivity contribution >= 4 is 35.2 Å². The van der Waals surface area contributed by atoms with Crippen LogP contribution < -0.4 is 5.32 Å². The smallest absolute Gasteiger partial charge is 0.243 e. The third-order valence-electron chi connectivity index (χ3n) is 6.14. The van der Waals surface area contributed by atoms with E-state index in [1.165, 1.54) is 16.7 Å². The summed E-state index contributed by atoms with van der Waals surface area (Å²) in [5.74, 6) is 0.887. The van der Waals surface area contributed by atoms with Crippen LogP contribution in [-0.4, -0.2) is 35.1 Å². The standard InChI is InChI=1S/C31H37ClN2O2S/c1-4-5-15-33-31(36)29(19-25-9-7-6-8-10-25)34(20-26-11-13-28(32)14-12-26)30(35)22-37-21-27-17-23(2)16-24(3)18-27/h6-14,16-18,29H,4-5,15,19-22H2,1-3H3,(H,33,36). The van der Waals surface area contributed by atoms with E-state index in [1.807, 2.05) is 54.6 Å². The Hall–Kier alpha value is -2.76. The summed E-state index contributed by atoms with van der Waals surface area (Å²) in [6.45, 7) is 7.22. The predicted molar refractivity (Wildman–Crippen MR) is 156 cm³/mol. The van der Waals surface area contributed by atoms with Crippen molar-refractivity contribution in [3.63, 3.8) is 0 Å². The van der Waals surface area contributed by atoms with Gasteiger partial charge in [-0.15, -0.1) is 11.8 Å². The zero-order chi connectivity index (χ0) is 26.6. The second-order valence-corrected chi connectivity index (χ2v) is 10.9. The molecule has 3 aromatic rings. The molecule has 0 aliphatic rings. The van der Waals surface area contributed by atoms with Gasteiger partial charge in [-0.25, -0.2) is 0 Å². The molecule has 1 N–H and O–H groups in total.